The second-order valence-corrected chi connectivity index (χ2v) is 6.31. The third kappa shape index (κ3) is 5.75. The Hall–Kier alpha value is -3.00. The maximum atomic E-state index is 12.3. The molecule has 1 unspecified atom stereocenters. The molecule has 0 fully saturated rings. The lowest BCUT2D eigenvalue weighted by atomic mass is 10.2. The molecule has 28 heavy (non-hydrogen) atoms. The number of benzene rings is 1. The number of hydrogen-bond donors (Lipinski definition) is 2. The fraction of sp³-hybridized carbons (Fsp3) is 0.316. The third-order valence-corrected chi connectivity index (χ3v) is 4.18. The Labute approximate surface area is 167 Å². The van der Waals surface area contributed by atoms with Crippen molar-refractivity contribution in [1.82, 2.24) is 5.32 Å². The van der Waals surface area contributed by atoms with Crippen molar-refractivity contribution in [3.63, 3.8) is 0 Å². The first-order valence-electron chi connectivity index (χ1n) is 8.48. The van der Waals surface area contributed by atoms with Gasteiger partial charge in [-0.15, -0.1) is 0 Å². The van der Waals surface area contributed by atoms with Crippen LogP contribution >= 0.6 is 11.6 Å². The lowest BCUT2D eigenvalue weighted by Gasteiger charge is -2.16. The van der Waals surface area contributed by atoms with Crippen LogP contribution in [0.5, 0.6) is 5.75 Å². The zero-order valence-electron chi connectivity index (χ0n) is 15.7. The Bertz CT molecular complexity index is 850. The number of halogens is 1. The highest BCUT2D eigenvalue weighted by Crippen LogP contribution is 2.31. The Balaban J connectivity index is 1.82. The molecule has 0 bridgehead atoms. The summed E-state index contributed by atoms with van der Waals surface area (Å²) in [7, 11) is 1.46. The van der Waals surface area contributed by atoms with Crippen LogP contribution in [-0.2, 0) is 14.3 Å². The van der Waals surface area contributed by atoms with Crippen molar-refractivity contribution in [1.29, 1.82) is 0 Å². The van der Waals surface area contributed by atoms with Crippen LogP contribution in [0, 0.1) is 6.92 Å². The number of rotatable bonds is 8. The molecule has 2 N–H and O–H groups in total. The average Bonchev–Trinajstić information content (AvgIpc) is 3.19. The van der Waals surface area contributed by atoms with E-state index in [2.05, 4.69) is 10.6 Å². The topological polar surface area (TPSA) is 107 Å². The fourth-order valence-electron chi connectivity index (χ4n) is 2.25. The third-order valence-electron chi connectivity index (χ3n) is 3.78. The lowest BCUT2D eigenvalue weighted by Crippen LogP contribution is -2.32. The number of carbonyl (C=O) groups is 3. The zero-order valence-corrected chi connectivity index (χ0v) is 16.5. The van der Waals surface area contributed by atoms with Gasteiger partial charge in [-0.05, 0) is 37.6 Å². The predicted molar refractivity (Wildman–Crippen MR) is 103 cm³/mol. The van der Waals surface area contributed by atoms with E-state index in [9.17, 15) is 14.4 Å². The van der Waals surface area contributed by atoms with Gasteiger partial charge in [0.1, 0.15) is 5.75 Å². The number of aryl methyl sites for hydroxylation is 1. The van der Waals surface area contributed by atoms with Crippen molar-refractivity contribution < 1.29 is 28.3 Å². The standard InChI is InChI=1S/C19H21ClN2O6/c1-11-9-14(16(26-3)10-13(11)20)22-18(24)12(2)28-17(23)6-7-21-19(25)15-5-4-8-27-15/h4-5,8-10,12H,6-7H2,1-3H3,(H,21,25)(H,22,24). The number of hydrogen-bond acceptors (Lipinski definition) is 6. The van der Waals surface area contributed by atoms with Crippen LogP contribution in [-0.4, -0.2) is 37.5 Å². The Morgan fingerprint density at radius 2 is 2.04 bits per heavy atom. The van der Waals surface area contributed by atoms with Crippen molar-refractivity contribution in [3.05, 3.63) is 46.9 Å². The number of ether oxygens (including phenoxy) is 2. The van der Waals surface area contributed by atoms with Crippen molar-refractivity contribution in [2.45, 2.75) is 26.4 Å². The van der Waals surface area contributed by atoms with E-state index in [-0.39, 0.29) is 18.7 Å². The molecule has 0 aliphatic carbocycles. The minimum absolute atomic E-state index is 0.0525. The number of anilines is 1. The van der Waals surface area contributed by atoms with Crippen molar-refractivity contribution in [3.8, 4) is 5.75 Å². The first-order valence-corrected chi connectivity index (χ1v) is 8.85. The molecule has 0 radical (unpaired) electrons. The second-order valence-electron chi connectivity index (χ2n) is 5.91. The van der Waals surface area contributed by atoms with Crippen LogP contribution in [0.25, 0.3) is 0 Å². The first-order chi connectivity index (χ1) is 13.3. The molecule has 2 aromatic rings. The summed E-state index contributed by atoms with van der Waals surface area (Å²) in [4.78, 5) is 35.9. The molecular weight excluding hydrogens is 388 g/mol. The monoisotopic (exact) mass is 408 g/mol. The van der Waals surface area contributed by atoms with Gasteiger partial charge in [0.2, 0.25) is 0 Å². The average molecular weight is 409 g/mol. The van der Waals surface area contributed by atoms with Crippen LogP contribution in [0.1, 0.15) is 29.5 Å². The summed E-state index contributed by atoms with van der Waals surface area (Å²) in [6.45, 7) is 3.29. The van der Waals surface area contributed by atoms with Gasteiger partial charge in [0.15, 0.2) is 11.9 Å². The molecule has 2 amide bonds. The SMILES string of the molecule is COc1cc(Cl)c(C)cc1NC(=O)C(C)OC(=O)CCNC(=O)c1ccco1. The summed E-state index contributed by atoms with van der Waals surface area (Å²) < 4.78 is 15.2. The van der Waals surface area contributed by atoms with E-state index in [1.54, 1.807) is 25.1 Å². The molecule has 1 atom stereocenters. The van der Waals surface area contributed by atoms with E-state index in [0.29, 0.717) is 16.5 Å². The summed E-state index contributed by atoms with van der Waals surface area (Å²) in [5, 5.41) is 5.67. The smallest absolute Gasteiger partial charge is 0.308 e. The van der Waals surface area contributed by atoms with Gasteiger partial charge in [-0.2, -0.15) is 0 Å². The fourth-order valence-corrected chi connectivity index (χ4v) is 2.40. The molecule has 150 valence electrons. The molecule has 0 aliphatic heterocycles. The minimum Gasteiger partial charge on any atom is -0.495 e. The number of amides is 2. The van der Waals surface area contributed by atoms with Crippen LogP contribution < -0.4 is 15.4 Å². The molecule has 0 spiro atoms. The van der Waals surface area contributed by atoms with Crippen molar-refractivity contribution >= 4 is 35.1 Å². The molecule has 0 saturated carbocycles. The Morgan fingerprint density at radius 1 is 1.29 bits per heavy atom. The largest absolute Gasteiger partial charge is 0.495 e. The van der Waals surface area contributed by atoms with Crippen LogP contribution in [0.3, 0.4) is 0 Å². The van der Waals surface area contributed by atoms with Gasteiger partial charge in [-0.1, -0.05) is 11.6 Å². The van der Waals surface area contributed by atoms with Crippen LogP contribution in [0.2, 0.25) is 5.02 Å². The zero-order chi connectivity index (χ0) is 20.7. The van der Waals surface area contributed by atoms with E-state index < -0.39 is 23.9 Å². The highest BCUT2D eigenvalue weighted by atomic mass is 35.5. The Kier molecular flexibility index (Phi) is 7.45. The summed E-state index contributed by atoms with van der Waals surface area (Å²) in [6, 6.07) is 6.34. The van der Waals surface area contributed by atoms with E-state index in [0.717, 1.165) is 5.56 Å². The van der Waals surface area contributed by atoms with Gasteiger partial charge in [-0.3, -0.25) is 14.4 Å². The molecule has 0 aliphatic rings. The number of furan rings is 1. The first kappa shape index (κ1) is 21.3. The quantitative estimate of drug-likeness (QED) is 0.650. The molecule has 1 aromatic heterocycles. The van der Waals surface area contributed by atoms with Crippen molar-refractivity contribution in [2.24, 2.45) is 0 Å². The molecule has 1 aromatic carbocycles. The summed E-state index contributed by atoms with van der Waals surface area (Å²) in [6.07, 6.45) is 0.252. The van der Waals surface area contributed by atoms with E-state index >= 15 is 0 Å². The van der Waals surface area contributed by atoms with Gasteiger partial charge < -0.3 is 24.5 Å². The second kappa shape index (κ2) is 9.80. The van der Waals surface area contributed by atoms with Crippen molar-refractivity contribution in [2.75, 3.05) is 19.0 Å². The summed E-state index contributed by atoms with van der Waals surface area (Å²) in [5.74, 6) is -1.04. The number of carbonyl (C=O) groups excluding carboxylic acids is 3. The highest BCUT2D eigenvalue weighted by molar-refractivity contribution is 6.31. The molecular formula is C19H21ClN2O6. The van der Waals surface area contributed by atoms with Crippen LogP contribution in [0.4, 0.5) is 5.69 Å². The minimum atomic E-state index is -1.03. The molecule has 1 heterocycles. The van der Waals surface area contributed by atoms with Gasteiger partial charge in [-0.25, -0.2) is 0 Å². The maximum Gasteiger partial charge on any atom is 0.308 e. The van der Waals surface area contributed by atoms with Crippen LogP contribution in [0.15, 0.2) is 34.9 Å². The maximum absolute atomic E-state index is 12.3. The van der Waals surface area contributed by atoms with E-state index in [4.69, 9.17) is 25.5 Å². The lowest BCUT2D eigenvalue weighted by molar-refractivity contribution is -0.153. The molecule has 0 saturated heterocycles. The number of methoxy groups -OCH3 is 1. The normalized spacial score (nSPS) is 11.4. The van der Waals surface area contributed by atoms with Gasteiger partial charge in [0.05, 0.1) is 25.5 Å². The van der Waals surface area contributed by atoms with E-state index in [1.165, 1.54) is 26.4 Å². The van der Waals surface area contributed by atoms with Gasteiger partial charge in [0, 0.05) is 17.6 Å². The van der Waals surface area contributed by atoms with Gasteiger partial charge in [0.25, 0.3) is 11.8 Å². The molecule has 2 rings (SSSR count). The molecule has 9 heteroatoms. The number of nitrogens with one attached hydrogen (secondary N) is 2. The summed E-state index contributed by atoms with van der Waals surface area (Å²) in [5.41, 5.74) is 1.18. The molecule has 8 nitrogen and oxygen atoms in total. The van der Waals surface area contributed by atoms with Gasteiger partial charge >= 0.3 is 5.97 Å². The Morgan fingerprint density at radius 3 is 2.68 bits per heavy atom. The summed E-state index contributed by atoms with van der Waals surface area (Å²) >= 11 is 6.04. The van der Waals surface area contributed by atoms with E-state index in [1.807, 2.05) is 0 Å². The number of esters is 1. The highest BCUT2D eigenvalue weighted by Gasteiger charge is 2.20. The predicted octanol–water partition coefficient (Wildman–Crippen LogP) is 2.94.